The minimum Gasteiger partial charge on any atom is -0.324 e. The molecule has 0 aliphatic heterocycles. The molecule has 7 heteroatoms. The predicted octanol–water partition coefficient (Wildman–Crippen LogP) is 1.28. The fourth-order valence-electron chi connectivity index (χ4n) is 1.06. The number of para-hydroxylation sites is 1. The third-order valence-electron chi connectivity index (χ3n) is 1.64. The number of aromatic nitrogens is 3. The summed E-state index contributed by atoms with van der Waals surface area (Å²) in [6, 6.07) is 9.62. The summed E-state index contributed by atoms with van der Waals surface area (Å²) in [5.74, 6) is 0.436. The van der Waals surface area contributed by atoms with Crippen LogP contribution >= 0.6 is 25.3 Å². The highest BCUT2D eigenvalue weighted by Gasteiger charge is 2.01. The first kappa shape index (κ1) is 13.6. The molecule has 0 aliphatic rings. The molecule has 0 spiro atoms. The Labute approximate surface area is 120 Å². The zero-order valence-corrected chi connectivity index (χ0v) is 9.41. The molecular formula is C9H10MgN4S2. The Balaban J connectivity index is 0.00000128. The fourth-order valence-corrected chi connectivity index (χ4v) is 1.52. The average molecular weight is 263 g/mol. The Morgan fingerprint density at radius 2 is 1.44 bits per heavy atom. The van der Waals surface area contributed by atoms with Crippen LogP contribution in [0.3, 0.4) is 0 Å². The lowest BCUT2D eigenvalue weighted by Crippen LogP contribution is -1.99. The monoisotopic (exact) mass is 262 g/mol. The number of hydrogen-bond acceptors (Lipinski definition) is 6. The lowest BCUT2D eigenvalue weighted by atomic mass is 10.3. The smallest absolute Gasteiger partial charge is 0.316 e. The van der Waals surface area contributed by atoms with Crippen LogP contribution in [-0.2, 0) is 0 Å². The molecule has 0 amide bonds. The predicted molar refractivity (Wildman–Crippen MR) is 72.6 cm³/mol. The van der Waals surface area contributed by atoms with Gasteiger partial charge in [-0.1, -0.05) is 18.2 Å². The molecule has 4 nitrogen and oxygen atoms in total. The quantitative estimate of drug-likeness (QED) is 0.564. The van der Waals surface area contributed by atoms with Gasteiger partial charge in [-0.05, 0) is 12.1 Å². The van der Waals surface area contributed by atoms with Crippen molar-refractivity contribution in [3.63, 3.8) is 0 Å². The van der Waals surface area contributed by atoms with Crippen molar-refractivity contribution < 1.29 is 0 Å². The second-order valence-corrected chi connectivity index (χ2v) is 3.55. The maximum Gasteiger partial charge on any atom is 0.316 e. The normalized spacial score (nSPS) is 9.38. The first-order valence-electron chi connectivity index (χ1n) is 4.20. The van der Waals surface area contributed by atoms with Crippen LogP contribution in [0, 0.1) is 0 Å². The Morgan fingerprint density at radius 1 is 0.875 bits per heavy atom. The van der Waals surface area contributed by atoms with E-state index < -0.39 is 0 Å². The van der Waals surface area contributed by atoms with Gasteiger partial charge in [-0.3, -0.25) is 0 Å². The van der Waals surface area contributed by atoms with Crippen LogP contribution in [0.5, 0.6) is 0 Å². The number of rotatable bonds is 2. The molecule has 1 N–H and O–H groups in total. The maximum absolute atomic E-state index is 4.04. The zero-order valence-electron chi connectivity index (χ0n) is 7.62. The van der Waals surface area contributed by atoms with Crippen LogP contribution in [0.2, 0.25) is 0 Å². The van der Waals surface area contributed by atoms with E-state index in [1.165, 1.54) is 0 Å². The van der Waals surface area contributed by atoms with E-state index in [9.17, 15) is 0 Å². The summed E-state index contributed by atoms with van der Waals surface area (Å²) >= 11 is 8.08. The molecule has 16 heavy (non-hydrogen) atoms. The van der Waals surface area contributed by atoms with Gasteiger partial charge in [0.2, 0.25) is 5.95 Å². The van der Waals surface area contributed by atoms with Crippen LogP contribution < -0.4 is 5.32 Å². The van der Waals surface area contributed by atoms with Crippen molar-refractivity contribution in [3.05, 3.63) is 30.3 Å². The first-order chi connectivity index (χ1) is 7.24. The molecule has 1 aromatic heterocycles. The number of benzene rings is 1. The van der Waals surface area contributed by atoms with E-state index in [4.69, 9.17) is 0 Å². The second kappa shape index (κ2) is 6.29. The number of anilines is 2. The Kier molecular flexibility index (Phi) is 5.33. The maximum atomic E-state index is 4.04. The van der Waals surface area contributed by atoms with Gasteiger partial charge in [-0.15, -0.1) is 25.3 Å². The van der Waals surface area contributed by atoms with Gasteiger partial charge in [0, 0.05) is 5.69 Å². The highest BCUT2D eigenvalue weighted by Crippen LogP contribution is 2.13. The Hall–Kier alpha value is -0.504. The van der Waals surface area contributed by atoms with Gasteiger partial charge < -0.3 is 5.32 Å². The van der Waals surface area contributed by atoms with E-state index in [2.05, 4.69) is 45.5 Å². The van der Waals surface area contributed by atoms with Gasteiger partial charge >= 0.3 is 23.1 Å². The molecule has 0 aliphatic carbocycles. The molecule has 0 radical (unpaired) electrons. The lowest BCUT2D eigenvalue weighted by molar-refractivity contribution is 0.817. The topological polar surface area (TPSA) is 50.7 Å². The van der Waals surface area contributed by atoms with Crippen molar-refractivity contribution in [2.45, 2.75) is 10.3 Å². The van der Waals surface area contributed by atoms with Crippen LogP contribution in [0.4, 0.5) is 11.6 Å². The molecule has 0 saturated heterocycles. The minimum atomic E-state index is 0. The Bertz CT molecular complexity index is 446. The summed E-state index contributed by atoms with van der Waals surface area (Å²) in [4.78, 5) is 11.9. The molecule has 0 saturated carbocycles. The third-order valence-corrected chi connectivity index (χ3v) is 2.04. The summed E-state index contributed by atoms with van der Waals surface area (Å²) < 4.78 is 0. The number of nitrogens with one attached hydrogen (secondary N) is 1. The van der Waals surface area contributed by atoms with Crippen molar-refractivity contribution in [1.29, 1.82) is 0 Å². The van der Waals surface area contributed by atoms with Gasteiger partial charge in [0.05, 0.1) is 0 Å². The van der Waals surface area contributed by atoms with Gasteiger partial charge in [-0.25, -0.2) is 0 Å². The molecule has 0 bridgehead atoms. The van der Waals surface area contributed by atoms with E-state index in [1.807, 2.05) is 30.3 Å². The highest BCUT2D eigenvalue weighted by molar-refractivity contribution is 7.80. The van der Waals surface area contributed by atoms with E-state index in [1.54, 1.807) is 0 Å². The van der Waals surface area contributed by atoms with Crippen molar-refractivity contribution in [2.24, 2.45) is 0 Å². The summed E-state index contributed by atoms with van der Waals surface area (Å²) in [6.45, 7) is 0. The average Bonchev–Trinajstić information content (AvgIpc) is 2.17. The number of hydrogen-bond donors (Lipinski definition) is 3. The van der Waals surface area contributed by atoms with Gasteiger partial charge in [0.1, 0.15) is 0 Å². The van der Waals surface area contributed by atoms with Crippen LogP contribution in [0.1, 0.15) is 0 Å². The lowest BCUT2D eigenvalue weighted by Gasteiger charge is -2.04. The molecule has 80 valence electrons. The SMILES string of the molecule is Sc1nc(S)nc(Nc2ccccc2)n1.[MgH2]. The molecule has 0 fully saturated rings. The van der Waals surface area contributed by atoms with Crippen LogP contribution in [0.25, 0.3) is 0 Å². The van der Waals surface area contributed by atoms with Crippen molar-refractivity contribution in [1.82, 2.24) is 15.0 Å². The Morgan fingerprint density at radius 3 is 2.00 bits per heavy atom. The fraction of sp³-hybridized carbons (Fsp3) is 0. The van der Waals surface area contributed by atoms with Crippen molar-refractivity contribution in [2.75, 3.05) is 5.32 Å². The largest absolute Gasteiger partial charge is 0.324 e. The van der Waals surface area contributed by atoms with Crippen LogP contribution in [0.15, 0.2) is 40.6 Å². The molecule has 1 aromatic carbocycles. The van der Waals surface area contributed by atoms with E-state index in [0.717, 1.165) is 5.69 Å². The van der Waals surface area contributed by atoms with E-state index >= 15 is 0 Å². The summed E-state index contributed by atoms with van der Waals surface area (Å²) in [5, 5.41) is 3.71. The summed E-state index contributed by atoms with van der Waals surface area (Å²) in [7, 11) is 0. The van der Waals surface area contributed by atoms with E-state index in [-0.39, 0.29) is 23.1 Å². The first-order valence-corrected chi connectivity index (χ1v) is 5.09. The third kappa shape index (κ3) is 3.82. The number of nitrogens with zero attached hydrogens (tertiary/aromatic N) is 3. The zero-order chi connectivity index (χ0) is 10.7. The second-order valence-electron chi connectivity index (χ2n) is 2.75. The van der Waals surface area contributed by atoms with Gasteiger partial charge in [-0.2, -0.15) is 15.0 Å². The van der Waals surface area contributed by atoms with Crippen LogP contribution in [-0.4, -0.2) is 38.0 Å². The standard InChI is InChI=1S/C9H8N4S2.Mg.2H/c14-8-11-7(12-9(15)13-8)10-6-4-2-1-3-5-6;;;/h1-5H,(H3,10,11,12,13,14,15);;;. The van der Waals surface area contributed by atoms with Gasteiger partial charge in [0.25, 0.3) is 0 Å². The molecule has 2 rings (SSSR count). The summed E-state index contributed by atoms with van der Waals surface area (Å²) in [5.41, 5.74) is 0.907. The molecule has 1 heterocycles. The van der Waals surface area contributed by atoms with Crippen molar-refractivity contribution >= 4 is 59.9 Å². The van der Waals surface area contributed by atoms with Crippen molar-refractivity contribution in [3.8, 4) is 0 Å². The molecule has 0 atom stereocenters. The number of thiol groups is 2. The molecule has 0 unspecified atom stereocenters. The molecule has 2 aromatic rings. The minimum absolute atomic E-state index is 0. The van der Waals surface area contributed by atoms with E-state index in [0.29, 0.717) is 16.3 Å². The summed E-state index contributed by atoms with van der Waals surface area (Å²) in [6.07, 6.45) is 0. The molecular weight excluding hydrogens is 253 g/mol. The highest BCUT2D eigenvalue weighted by atomic mass is 32.1. The van der Waals surface area contributed by atoms with Gasteiger partial charge in [0.15, 0.2) is 10.3 Å².